The van der Waals surface area contributed by atoms with Gasteiger partial charge in [0.2, 0.25) is 0 Å². The number of unbranched alkanes of at least 4 members (excludes halogenated alkanes) is 4. The van der Waals surface area contributed by atoms with E-state index >= 15 is 0 Å². The molecule has 0 aromatic rings. The smallest absolute Gasteiger partial charge is 0.184 e. The summed E-state index contributed by atoms with van der Waals surface area (Å²) < 4.78 is 4.85. The molecule has 0 radical (unpaired) electrons. The number of hydrogen-bond donors (Lipinski definition) is 4. The van der Waals surface area contributed by atoms with Crippen molar-refractivity contribution in [2.75, 3.05) is 0 Å². The summed E-state index contributed by atoms with van der Waals surface area (Å²) in [6.07, 6.45) is 1.51. The molecule has 5 heteroatoms. The predicted octanol–water partition coefficient (Wildman–Crippen LogP) is 1.52. The van der Waals surface area contributed by atoms with E-state index in [-0.39, 0.29) is 0 Å². The van der Waals surface area contributed by atoms with Gasteiger partial charge in [-0.05, 0) is 12.8 Å². The lowest BCUT2D eigenvalue weighted by Crippen LogP contribution is -2.38. The lowest BCUT2D eigenvalue weighted by molar-refractivity contribution is -0.267. The second kappa shape index (κ2) is 11.6. The van der Waals surface area contributed by atoms with Gasteiger partial charge in [-0.2, -0.15) is 0 Å². The van der Waals surface area contributed by atoms with Crippen LogP contribution in [0.1, 0.15) is 65.2 Å². The first-order chi connectivity index (χ1) is 9.02. The Morgan fingerprint density at radius 2 is 1.05 bits per heavy atom. The van der Waals surface area contributed by atoms with Gasteiger partial charge in [-0.3, -0.25) is 0 Å². The average Bonchev–Trinajstić information content (AvgIpc) is 2.38. The molecule has 0 aromatic carbocycles. The molecule has 0 aliphatic carbocycles. The molecule has 116 valence electrons. The van der Waals surface area contributed by atoms with E-state index < -0.39 is 24.8 Å². The minimum Gasteiger partial charge on any atom is -0.388 e. The number of hydrogen-bond acceptors (Lipinski definition) is 5. The van der Waals surface area contributed by atoms with Gasteiger partial charge in [0.05, 0.1) is 0 Å². The van der Waals surface area contributed by atoms with Crippen molar-refractivity contribution in [2.24, 2.45) is 0 Å². The van der Waals surface area contributed by atoms with Crippen molar-refractivity contribution in [1.29, 1.82) is 0 Å². The van der Waals surface area contributed by atoms with Gasteiger partial charge in [0.25, 0.3) is 0 Å². The topological polar surface area (TPSA) is 90.2 Å². The van der Waals surface area contributed by atoms with Crippen molar-refractivity contribution in [3.05, 3.63) is 0 Å². The van der Waals surface area contributed by atoms with Gasteiger partial charge < -0.3 is 25.2 Å². The fourth-order valence-electron chi connectivity index (χ4n) is 1.82. The summed E-state index contributed by atoms with van der Waals surface area (Å²) in [5.74, 6) is 0. The quantitative estimate of drug-likeness (QED) is 0.321. The van der Waals surface area contributed by atoms with Crippen molar-refractivity contribution in [2.45, 2.75) is 90.0 Å². The van der Waals surface area contributed by atoms with Crippen LogP contribution in [0.3, 0.4) is 0 Å². The van der Waals surface area contributed by atoms with E-state index in [9.17, 15) is 20.4 Å². The molecule has 0 amide bonds. The Morgan fingerprint density at radius 1 is 0.684 bits per heavy atom. The van der Waals surface area contributed by atoms with E-state index in [2.05, 4.69) is 13.8 Å². The molecule has 0 aliphatic heterocycles. The van der Waals surface area contributed by atoms with E-state index in [1.54, 1.807) is 0 Å². The van der Waals surface area contributed by atoms with Crippen molar-refractivity contribution < 1.29 is 25.2 Å². The largest absolute Gasteiger partial charge is 0.388 e. The maximum Gasteiger partial charge on any atom is 0.184 e. The molecule has 0 bridgehead atoms. The van der Waals surface area contributed by atoms with Crippen molar-refractivity contribution in [1.82, 2.24) is 0 Å². The molecular formula is C14H30O5. The highest BCUT2D eigenvalue weighted by Gasteiger charge is 2.24. The standard InChI is InChI=1S/C14H30O5/c1-3-5-7-9-11(15)13(17)19-14(18)12(16)10-8-6-4-2/h11-18H,3-10H2,1-2H3. The van der Waals surface area contributed by atoms with E-state index in [0.29, 0.717) is 12.8 Å². The first-order valence-corrected chi connectivity index (χ1v) is 7.40. The Morgan fingerprint density at radius 3 is 1.37 bits per heavy atom. The second-order valence-electron chi connectivity index (χ2n) is 5.04. The zero-order chi connectivity index (χ0) is 14.7. The molecule has 0 aromatic heterocycles. The zero-order valence-electron chi connectivity index (χ0n) is 12.2. The van der Waals surface area contributed by atoms with Crippen LogP contribution in [0.25, 0.3) is 0 Å². The third kappa shape index (κ3) is 9.35. The first-order valence-electron chi connectivity index (χ1n) is 7.40. The van der Waals surface area contributed by atoms with Gasteiger partial charge in [-0.15, -0.1) is 0 Å². The molecule has 4 atom stereocenters. The normalized spacial score (nSPS) is 18.0. The number of ether oxygens (including phenoxy) is 1. The SMILES string of the molecule is CCCCCC(O)C(O)OC(O)C(O)CCCCC. The summed E-state index contributed by atoms with van der Waals surface area (Å²) in [5, 5.41) is 38.4. The highest BCUT2D eigenvalue weighted by molar-refractivity contribution is 4.64. The van der Waals surface area contributed by atoms with Crippen LogP contribution < -0.4 is 0 Å². The summed E-state index contributed by atoms with van der Waals surface area (Å²) in [5.41, 5.74) is 0. The summed E-state index contributed by atoms with van der Waals surface area (Å²) in [7, 11) is 0. The van der Waals surface area contributed by atoms with Crippen LogP contribution in [-0.4, -0.2) is 45.2 Å². The molecule has 0 saturated heterocycles. The van der Waals surface area contributed by atoms with Gasteiger partial charge in [-0.25, -0.2) is 0 Å². The zero-order valence-corrected chi connectivity index (χ0v) is 12.2. The summed E-state index contributed by atoms with van der Waals surface area (Å²) >= 11 is 0. The molecule has 0 rings (SSSR count). The molecule has 5 nitrogen and oxygen atoms in total. The van der Waals surface area contributed by atoms with E-state index in [1.807, 2.05) is 0 Å². The van der Waals surface area contributed by atoms with E-state index in [1.165, 1.54) is 0 Å². The van der Waals surface area contributed by atoms with E-state index in [4.69, 9.17) is 4.74 Å². The summed E-state index contributed by atoms with van der Waals surface area (Å²) in [6, 6.07) is 0. The number of rotatable bonds is 12. The summed E-state index contributed by atoms with van der Waals surface area (Å²) in [4.78, 5) is 0. The highest BCUT2D eigenvalue weighted by Crippen LogP contribution is 2.13. The lowest BCUT2D eigenvalue weighted by Gasteiger charge is -2.24. The molecule has 19 heavy (non-hydrogen) atoms. The Hall–Kier alpha value is -0.200. The van der Waals surface area contributed by atoms with Crippen LogP contribution in [0, 0.1) is 0 Å². The van der Waals surface area contributed by atoms with Gasteiger partial charge in [-0.1, -0.05) is 52.4 Å². The Balaban J connectivity index is 3.85. The molecule has 0 spiro atoms. The van der Waals surface area contributed by atoms with Crippen LogP contribution in [0.2, 0.25) is 0 Å². The molecular weight excluding hydrogens is 248 g/mol. The van der Waals surface area contributed by atoms with Crippen molar-refractivity contribution >= 4 is 0 Å². The van der Waals surface area contributed by atoms with E-state index in [0.717, 1.165) is 38.5 Å². The monoisotopic (exact) mass is 278 g/mol. The molecule has 0 heterocycles. The van der Waals surface area contributed by atoms with Crippen LogP contribution in [0.5, 0.6) is 0 Å². The minimum absolute atomic E-state index is 0.424. The van der Waals surface area contributed by atoms with Crippen LogP contribution >= 0.6 is 0 Å². The number of aliphatic hydroxyl groups is 4. The van der Waals surface area contributed by atoms with Crippen LogP contribution in [0.4, 0.5) is 0 Å². The van der Waals surface area contributed by atoms with Crippen LogP contribution in [0.15, 0.2) is 0 Å². The molecule has 0 saturated carbocycles. The average molecular weight is 278 g/mol. The van der Waals surface area contributed by atoms with Gasteiger partial charge in [0, 0.05) is 0 Å². The fourth-order valence-corrected chi connectivity index (χ4v) is 1.82. The predicted molar refractivity (Wildman–Crippen MR) is 73.4 cm³/mol. The Kier molecular flexibility index (Phi) is 11.5. The van der Waals surface area contributed by atoms with Crippen molar-refractivity contribution in [3.63, 3.8) is 0 Å². The van der Waals surface area contributed by atoms with Crippen LogP contribution in [-0.2, 0) is 4.74 Å². The van der Waals surface area contributed by atoms with Gasteiger partial charge >= 0.3 is 0 Å². The first kappa shape index (κ1) is 18.8. The van der Waals surface area contributed by atoms with Gasteiger partial charge in [0.1, 0.15) is 12.2 Å². The summed E-state index contributed by atoms with van der Waals surface area (Å²) in [6.45, 7) is 4.10. The van der Waals surface area contributed by atoms with Gasteiger partial charge in [0.15, 0.2) is 12.6 Å². The maximum atomic E-state index is 9.62. The lowest BCUT2D eigenvalue weighted by atomic mass is 10.1. The fraction of sp³-hybridized carbons (Fsp3) is 1.00. The third-order valence-electron chi connectivity index (χ3n) is 3.14. The maximum absolute atomic E-state index is 9.62. The molecule has 0 aliphatic rings. The molecule has 4 unspecified atom stereocenters. The second-order valence-corrected chi connectivity index (χ2v) is 5.04. The highest BCUT2D eigenvalue weighted by atomic mass is 16.7. The Bertz CT molecular complexity index is 180. The number of aliphatic hydroxyl groups excluding tert-OH is 4. The van der Waals surface area contributed by atoms with Crippen molar-refractivity contribution in [3.8, 4) is 0 Å². The Labute approximate surface area is 116 Å². The minimum atomic E-state index is -1.45. The molecule has 4 N–H and O–H groups in total. The third-order valence-corrected chi connectivity index (χ3v) is 3.14. The molecule has 0 fully saturated rings.